The Kier molecular flexibility index (Phi) is 5.45. The molecule has 1 aliphatic heterocycles. The number of carbonyl (C=O) groups is 1. The van der Waals surface area contributed by atoms with Gasteiger partial charge in [-0.1, -0.05) is 0 Å². The molecule has 0 aromatic carbocycles. The number of nitrogens with one attached hydrogen (secondary N) is 1. The summed E-state index contributed by atoms with van der Waals surface area (Å²) in [5, 5.41) is 2.84. The Morgan fingerprint density at radius 3 is 2.73 bits per heavy atom. The Labute approximate surface area is 152 Å². The van der Waals surface area contributed by atoms with Crippen LogP contribution in [0.15, 0.2) is 18.3 Å². The molecule has 0 radical (unpaired) electrons. The fraction of sp³-hybridized carbons (Fsp3) is 0.471. The number of carbonyl (C=O) groups excluding carboxylic acids is 1. The summed E-state index contributed by atoms with van der Waals surface area (Å²) in [6.07, 6.45) is 3.81. The number of aromatic nitrogens is 4. The van der Waals surface area contributed by atoms with E-state index in [-0.39, 0.29) is 12.5 Å². The summed E-state index contributed by atoms with van der Waals surface area (Å²) in [6.45, 7) is 2.10. The lowest BCUT2D eigenvalue weighted by Crippen LogP contribution is -2.27. The lowest BCUT2D eigenvalue weighted by atomic mass is 10.2. The van der Waals surface area contributed by atoms with Gasteiger partial charge in [0.05, 0.1) is 13.7 Å². The van der Waals surface area contributed by atoms with E-state index in [0.717, 1.165) is 25.9 Å². The van der Waals surface area contributed by atoms with E-state index in [2.05, 4.69) is 30.2 Å². The molecule has 1 fully saturated rings. The lowest BCUT2D eigenvalue weighted by molar-refractivity contribution is 0.0949. The van der Waals surface area contributed by atoms with Crippen molar-refractivity contribution in [3.05, 3.63) is 29.7 Å². The van der Waals surface area contributed by atoms with Crippen LogP contribution in [0.3, 0.4) is 0 Å². The summed E-state index contributed by atoms with van der Waals surface area (Å²) in [6, 6.07) is 3.22. The van der Waals surface area contributed by atoms with Gasteiger partial charge in [0.25, 0.3) is 5.91 Å². The number of ether oxygens (including phenoxy) is 1. The van der Waals surface area contributed by atoms with Crippen molar-refractivity contribution in [2.75, 3.05) is 44.1 Å². The van der Waals surface area contributed by atoms with Gasteiger partial charge in [-0.2, -0.15) is 15.0 Å². The van der Waals surface area contributed by atoms with Gasteiger partial charge in [0, 0.05) is 45.0 Å². The topological polar surface area (TPSA) is 96.4 Å². The standard InChI is InChI=1S/C17H23N7O2/c1-23(2)16-20-13(21-17(22-16)24-8-4-5-9-24)11-19-15(25)12-6-7-18-14(10-12)26-3/h6-7,10H,4-5,8-9,11H2,1-3H3,(H,19,25). The SMILES string of the molecule is COc1cc(C(=O)NCc2nc(N(C)C)nc(N3CCCC3)n2)ccn1. The van der Waals surface area contributed by atoms with Crippen molar-refractivity contribution in [3.8, 4) is 5.88 Å². The number of amides is 1. The summed E-state index contributed by atoms with van der Waals surface area (Å²) < 4.78 is 5.05. The highest BCUT2D eigenvalue weighted by Crippen LogP contribution is 2.18. The van der Waals surface area contributed by atoms with Crippen LogP contribution < -0.4 is 19.9 Å². The average molecular weight is 357 g/mol. The van der Waals surface area contributed by atoms with E-state index in [1.807, 2.05) is 19.0 Å². The van der Waals surface area contributed by atoms with E-state index in [4.69, 9.17) is 4.74 Å². The van der Waals surface area contributed by atoms with E-state index < -0.39 is 0 Å². The first-order chi connectivity index (χ1) is 12.6. The fourth-order valence-corrected chi connectivity index (χ4v) is 2.66. The van der Waals surface area contributed by atoms with Crippen LogP contribution in [-0.2, 0) is 6.54 Å². The molecule has 0 unspecified atom stereocenters. The lowest BCUT2D eigenvalue weighted by Gasteiger charge is -2.19. The normalized spacial score (nSPS) is 13.6. The van der Waals surface area contributed by atoms with Crippen molar-refractivity contribution >= 4 is 17.8 Å². The van der Waals surface area contributed by atoms with Gasteiger partial charge >= 0.3 is 0 Å². The van der Waals surface area contributed by atoms with Crippen LogP contribution in [0.4, 0.5) is 11.9 Å². The molecule has 0 atom stereocenters. The third-order valence-corrected chi connectivity index (χ3v) is 4.06. The molecule has 3 heterocycles. The smallest absolute Gasteiger partial charge is 0.251 e. The maximum atomic E-state index is 12.4. The molecule has 1 amide bonds. The highest BCUT2D eigenvalue weighted by molar-refractivity contribution is 5.94. The molecule has 0 saturated carbocycles. The Morgan fingerprint density at radius 2 is 2.04 bits per heavy atom. The van der Waals surface area contributed by atoms with E-state index >= 15 is 0 Å². The van der Waals surface area contributed by atoms with Crippen molar-refractivity contribution < 1.29 is 9.53 Å². The van der Waals surface area contributed by atoms with Gasteiger partial charge in [-0.3, -0.25) is 4.79 Å². The van der Waals surface area contributed by atoms with Gasteiger partial charge in [0.1, 0.15) is 0 Å². The molecule has 1 aliphatic rings. The largest absolute Gasteiger partial charge is 0.481 e. The van der Waals surface area contributed by atoms with Gasteiger partial charge < -0.3 is 19.9 Å². The summed E-state index contributed by atoms with van der Waals surface area (Å²) >= 11 is 0. The number of anilines is 2. The predicted octanol–water partition coefficient (Wildman–Crippen LogP) is 0.871. The van der Waals surface area contributed by atoms with Crippen LogP contribution >= 0.6 is 0 Å². The Hall–Kier alpha value is -2.97. The third kappa shape index (κ3) is 4.16. The van der Waals surface area contributed by atoms with E-state index in [0.29, 0.717) is 29.2 Å². The number of hydrogen-bond acceptors (Lipinski definition) is 8. The molecule has 2 aromatic heterocycles. The first-order valence-corrected chi connectivity index (χ1v) is 8.52. The molecule has 1 N–H and O–H groups in total. The minimum absolute atomic E-state index is 0.216. The van der Waals surface area contributed by atoms with Crippen LogP contribution in [0.5, 0.6) is 5.88 Å². The molecular weight excluding hydrogens is 334 g/mol. The zero-order chi connectivity index (χ0) is 18.5. The van der Waals surface area contributed by atoms with Crippen LogP contribution in [0, 0.1) is 0 Å². The van der Waals surface area contributed by atoms with E-state index in [9.17, 15) is 4.79 Å². The van der Waals surface area contributed by atoms with Crippen molar-refractivity contribution in [2.45, 2.75) is 19.4 Å². The zero-order valence-electron chi connectivity index (χ0n) is 15.3. The molecular formula is C17H23N7O2. The van der Waals surface area contributed by atoms with E-state index in [1.54, 1.807) is 12.1 Å². The molecule has 9 nitrogen and oxygen atoms in total. The zero-order valence-corrected chi connectivity index (χ0v) is 15.3. The average Bonchev–Trinajstić information content (AvgIpc) is 3.20. The summed E-state index contributed by atoms with van der Waals surface area (Å²) in [5.41, 5.74) is 0.471. The first kappa shape index (κ1) is 17.8. The second kappa shape index (κ2) is 7.94. The van der Waals surface area contributed by atoms with Gasteiger partial charge in [0.15, 0.2) is 5.82 Å². The molecule has 0 spiro atoms. The minimum Gasteiger partial charge on any atom is -0.481 e. The third-order valence-electron chi connectivity index (χ3n) is 4.06. The van der Waals surface area contributed by atoms with Crippen molar-refractivity contribution in [1.82, 2.24) is 25.3 Å². The minimum atomic E-state index is -0.236. The molecule has 0 bridgehead atoms. The molecule has 138 valence electrons. The van der Waals surface area contributed by atoms with Crippen molar-refractivity contribution in [3.63, 3.8) is 0 Å². The maximum absolute atomic E-state index is 12.4. The molecule has 1 saturated heterocycles. The number of methoxy groups -OCH3 is 1. The van der Waals surface area contributed by atoms with Gasteiger partial charge in [-0.25, -0.2) is 4.98 Å². The van der Waals surface area contributed by atoms with Crippen LogP contribution in [0.1, 0.15) is 29.0 Å². The van der Waals surface area contributed by atoms with Crippen molar-refractivity contribution in [2.24, 2.45) is 0 Å². The summed E-state index contributed by atoms with van der Waals surface area (Å²) in [5.74, 6) is 1.93. The quantitative estimate of drug-likeness (QED) is 0.814. The van der Waals surface area contributed by atoms with Crippen LogP contribution in [0.2, 0.25) is 0 Å². The molecule has 0 aliphatic carbocycles. The molecule has 2 aromatic rings. The number of pyridine rings is 1. The second-order valence-electron chi connectivity index (χ2n) is 6.21. The number of hydrogen-bond donors (Lipinski definition) is 1. The summed E-state index contributed by atoms with van der Waals surface area (Å²) in [4.78, 5) is 33.8. The summed E-state index contributed by atoms with van der Waals surface area (Å²) in [7, 11) is 5.28. The highest BCUT2D eigenvalue weighted by Gasteiger charge is 2.18. The van der Waals surface area contributed by atoms with Crippen LogP contribution in [-0.4, -0.2) is 60.1 Å². The van der Waals surface area contributed by atoms with Gasteiger partial charge in [0.2, 0.25) is 17.8 Å². The monoisotopic (exact) mass is 357 g/mol. The van der Waals surface area contributed by atoms with Crippen molar-refractivity contribution in [1.29, 1.82) is 0 Å². The molecule has 26 heavy (non-hydrogen) atoms. The molecule has 9 heteroatoms. The maximum Gasteiger partial charge on any atom is 0.251 e. The van der Waals surface area contributed by atoms with Gasteiger partial charge in [-0.05, 0) is 18.9 Å². The highest BCUT2D eigenvalue weighted by atomic mass is 16.5. The number of rotatable bonds is 6. The van der Waals surface area contributed by atoms with Gasteiger partial charge in [-0.15, -0.1) is 0 Å². The van der Waals surface area contributed by atoms with Crippen LogP contribution in [0.25, 0.3) is 0 Å². The first-order valence-electron chi connectivity index (χ1n) is 8.52. The Balaban J connectivity index is 1.74. The molecule has 3 rings (SSSR count). The Bertz CT molecular complexity index is 775. The number of nitrogens with zero attached hydrogens (tertiary/aromatic N) is 6. The predicted molar refractivity (Wildman–Crippen MR) is 97.6 cm³/mol. The van der Waals surface area contributed by atoms with E-state index in [1.165, 1.54) is 13.3 Å². The fourth-order valence-electron chi connectivity index (χ4n) is 2.66. The Morgan fingerprint density at radius 1 is 1.27 bits per heavy atom. The second-order valence-corrected chi connectivity index (χ2v) is 6.21.